The van der Waals surface area contributed by atoms with Gasteiger partial charge in [-0.15, -0.1) is 0 Å². The van der Waals surface area contributed by atoms with E-state index >= 15 is 0 Å². The second-order valence-electron chi connectivity index (χ2n) is 4.35. The average molecular weight is 249 g/mol. The number of ether oxygens (including phenoxy) is 1. The molecule has 5 heteroatoms. The Bertz CT molecular complexity index is 403. The summed E-state index contributed by atoms with van der Waals surface area (Å²) in [4.78, 5) is 16.0. The van der Waals surface area contributed by atoms with Crippen molar-refractivity contribution in [3.8, 4) is 0 Å². The van der Waals surface area contributed by atoms with Crippen molar-refractivity contribution in [3.05, 3.63) is 29.6 Å². The first-order valence-corrected chi connectivity index (χ1v) is 6.34. The number of aryl methyl sites for hydroxylation is 1. The van der Waals surface area contributed by atoms with Gasteiger partial charge in [-0.1, -0.05) is 13.0 Å². The van der Waals surface area contributed by atoms with E-state index in [1.54, 1.807) is 6.20 Å². The third kappa shape index (κ3) is 3.43. The van der Waals surface area contributed by atoms with Gasteiger partial charge < -0.3 is 15.4 Å². The smallest absolute Gasteiger partial charge is 0.315 e. The van der Waals surface area contributed by atoms with Crippen LogP contribution in [0.3, 0.4) is 0 Å². The zero-order valence-electron chi connectivity index (χ0n) is 10.6. The molecule has 98 valence electrons. The minimum Gasteiger partial charge on any atom is -0.379 e. The van der Waals surface area contributed by atoms with Crippen LogP contribution in [-0.2, 0) is 17.7 Å². The Morgan fingerprint density at radius 2 is 2.50 bits per heavy atom. The number of pyridine rings is 1. The van der Waals surface area contributed by atoms with E-state index in [1.165, 1.54) is 5.56 Å². The van der Waals surface area contributed by atoms with Crippen LogP contribution in [-0.4, -0.2) is 30.3 Å². The van der Waals surface area contributed by atoms with Crippen LogP contribution in [0.2, 0.25) is 0 Å². The largest absolute Gasteiger partial charge is 0.379 e. The third-order valence-corrected chi connectivity index (χ3v) is 3.05. The van der Waals surface area contributed by atoms with Crippen LogP contribution in [0.4, 0.5) is 4.79 Å². The summed E-state index contributed by atoms with van der Waals surface area (Å²) >= 11 is 0. The minimum atomic E-state index is -0.154. The first-order chi connectivity index (χ1) is 8.79. The summed E-state index contributed by atoms with van der Waals surface area (Å²) in [7, 11) is 0. The summed E-state index contributed by atoms with van der Waals surface area (Å²) in [5.74, 6) is 0. The maximum Gasteiger partial charge on any atom is 0.315 e. The highest BCUT2D eigenvalue weighted by atomic mass is 16.5. The fraction of sp³-hybridized carbons (Fsp3) is 0.538. The lowest BCUT2D eigenvalue weighted by Gasteiger charge is -2.12. The summed E-state index contributed by atoms with van der Waals surface area (Å²) in [6.45, 7) is 3.88. The number of hydrogen-bond acceptors (Lipinski definition) is 3. The molecule has 1 aromatic rings. The van der Waals surface area contributed by atoms with Crippen LogP contribution >= 0.6 is 0 Å². The summed E-state index contributed by atoms with van der Waals surface area (Å²) in [5.41, 5.74) is 2.10. The van der Waals surface area contributed by atoms with Gasteiger partial charge in [0.05, 0.1) is 24.9 Å². The molecule has 1 saturated heterocycles. The van der Waals surface area contributed by atoms with E-state index in [0.717, 1.165) is 25.1 Å². The molecule has 2 amide bonds. The van der Waals surface area contributed by atoms with E-state index in [0.29, 0.717) is 13.2 Å². The van der Waals surface area contributed by atoms with Gasteiger partial charge in [0.1, 0.15) is 0 Å². The Morgan fingerprint density at radius 1 is 1.61 bits per heavy atom. The van der Waals surface area contributed by atoms with E-state index in [9.17, 15) is 4.79 Å². The van der Waals surface area contributed by atoms with Crippen molar-refractivity contribution in [2.45, 2.75) is 32.4 Å². The van der Waals surface area contributed by atoms with E-state index in [2.05, 4.69) is 22.5 Å². The highest BCUT2D eigenvalue weighted by Crippen LogP contribution is 2.06. The second kappa shape index (κ2) is 6.35. The van der Waals surface area contributed by atoms with Gasteiger partial charge in [0, 0.05) is 12.8 Å². The predicted molar refractivity (Wildman–Crippen MR) is 68.2 cm³/mol. The number of nitrogens with one attached hydrogen (secondary N) is 2. The van der Waals surface area contributed by atoms with Crippen molar-refractivity contribution in [1.82, 2.24) is 15.6 Å². The molecule has 0 radical (unpaired) electrons. The molecule has 1 unspecified atom stereocenters. The lowest BCUT2D eigenvalue weighted by Crippen LogP contribution is -2.42. The van der Waals surface area contributed by atoms with Gasteiger partial charge >= 0.3 is 6.03 Å². The fourth-order valence-electron chi connectivity index (χ4n) is 2.00. The highest BCUT2D eigenvalue weighted by Gasteiger charge is 2.17. The first-order valence-electron chi connectivity index (χ1n) is 6.34. The number of carbonyl (C=O) groups excluding carboxylic acids is 1. The molecule has 0 aromatic carbocycles. The monoisotopic (exact) mass is 249 g/mol. The van der Waals surface area contributed by atoms with Gasteiger partial charge in [-0.3, -0.25) is 4.98 Å². The number of hydrogen-bond donors (Lipinski definition) is 2. The summed E-state index contributed by atoms with van der Waals surface area (Å²) < 4.78 is 5.20. The Labute approximate surface area is 107 Å². The average Bonchev–Trinajstić information content (AvgIpc) is 2.89. The van der Waals surface area contributed by atoms with Crippen molar-refractivity contribution < 1.29 is 9.53 Å². The molecule has 1 atom stereocenters. The van der Waals surface area contributed by atoms with Gasteiger partial charge in [0.25, 0.3) is 0 Å². The summed E-state index contributed by atoms with van der Waals surface area (Å²) in [6, 6.07) is 3.93. The Balaban J connectivity index is 1.81. The molecule has 0 bridgehead atoms. The van der Waals surface area contributed by atoms with Crippen molar-refractivity contribution >= 4 is 6.03 Å². The summed E-state index contributed by atoms with van der Waals surface area (Å²) in [5, 5.41) is 5.72. The Morgan fingerprint density at radius 3 is 3.22 bits per heavy atom. The molecule has 2 heterocycles. The lowest BCUT2D eigenvalue weighted by atomic mass is 10.1. The topological polar surface area (TPSA) is 63.2 Å². The van der Waals surface area contributed by atoms with Gasteiger partial charge in [0.2, 0.25) is 0 Å². The third-order valence-electron chi connectivity index (χ3n) is 3.05. The molecule has 0 saturated carbocycles. The van der Waals surface area contributed by atoms with E-state index in [1.807, 2.05) is 12.1 Å². The number of aromatic nitrogens is 1. The molecule has 2 rings (SSSR count). The molecular formula is C13H19N3O2. The maximum atomic E-state index is 11.7. The number of amides is 2. The number of nitrogens with zero attached hydrogens (tertiary/aromatic N) is 1. The highest BCUT2D eigenvalue weighted by molar-refractivity contribution is 5.74. The minimum absolute atomic E-state index is 0.138. The van der Waals surface area contributed by atoms with Gasteiger partial charge in [-0.05, 0) is 24.5 Å². The molecule has 1 aliphatic rings. The Hall–Kier alpha value is -1.62. The van der Waals surface area contributed by atoms with Crippen LogP contribution in [0.1, 0.15) is 24.6 Å². The number of rotatable bonds is 4. The van der Waals surface area contributed by atoms with Crippen molar-refractivity contribution in [3.63, 3.8) is 0 Å². The van der Waals surface area contributed by atoms with Crippen LogP contribution in [0.15, 0.2) is 18.3 Å². The maximum absolute atomic E-state index is 11.7. The number of carbonyl (C=O) groups is 1. The Kier molecular flexibility index (Phi) is 4.52. The SMILES string of the molecule is CCc1cccnc1CNC(=O)NC1CCOC1. The molecule has 18 heavy (non-hydrogen) atoms. The number of urea groups is 1. The van der Waals surface area contributed by atoms with Gasteiger partial charge in [0.15, 0.2) is 0 Å². The summed E-state index contributed by atoms with van der Waals surface area (Å²) in [6.07, 6.45) is 3.55. The van der Waals surface area contributed by atoms with E-state index < -0.39 is 0 Å². The standard InChI is InChI=1S/C13H19N3O2/c1-2-10-4-3-6-14-12(10)8-15-13(17)16-11-5-7-18-9-11/h3-4,6,11H,2,5,7-9H2,1H3,(H2,15,16,17). The molecule has 1 aromatic heterocycles. The molecule has 1 fully saturated rings. The molecule has 0 aliphatic carbocycles. The van der Waals surface area contributed by atoms with Gasteiger partial charge in [-0.2, -0.15) is 0 Å². The van der Waals surface area contributed by atoms with Gasteiger partial charge in [-0.25, -0.2) is 4.79 Å². The fourth-order valence-corrected chi connectivity index (χ4v) is 2.00. The quantitative estimate of drug-likeness (QED) is 0.843. The molecule has 0 spiro atoms. The van der Waals surface area contributed by atoms with Crippen molar-refractivity contribution in [2.24, 2.45) is 0 Å². The lowest BCUT2D eigenvalue weighted by molar-refractivity contribution is 0.188. The van der Waals surface area contributed by atoms with Crippen LogP contribution in [0, 0.1) is 0 Å². The van der Waals surface area contributed by atoms with Crippen LogP contribution < -0.4 is 10.6 Å². The van der Waals surface area contributed by atoms with Crippen LogP contribution in [0.5, 0.6) is 0 Å². The first kappa shape index (κ1) is 12.8. The zero-order valence-corrected chi connectivity index (χ0v) is 10.6. The molecule has 5 nitrogen and oxygen atoms in total. The van der Waals surface area contributed by atoms with Crippen molar-refractivity contribution in [2.75, 3.05) is 13.2 Å². The zero-order chi connectivity index (χ0) is 12.8. The van der Waals surface area contributed by atoms with Crippen molar-refractivity contribution in [1.29, 1.82) is 0 Å². The molecule has 2 N–H and O–H groups in total. The van der Waals surface area contributed by atoms with E-state index in [-0.39, 0.29) is 12.1 Å². The predicted octanol–water partition coefficient (Wildman–Crippen LogP) is 1.23. The normalized spacial score (nSPS) is 18.6. The van der Waals surface area contributed by atoms with Crippen LogP contribution in [0.25, 0.3) is 0 Å². The molecular weight excluding hydrogens is 230 g/mol. The molecule has 1 aliphatic heterocycles. The second-order valence-corrected chi connectivity index (χ2v) is 4.35. The van der Waals surface area contributed by atoms with E-state index in [4.69, 9.17) is 4.74 Å².